The van der Waals surface area contributed by atoms with E-state index in [9.17, 15) is 17.6 Å². The predicted molar refractivity (Wildman–Crippen MR) is 78.3 cm³/mol. The molecule has 0 fully saturated rings. The lowest BCUT2D eigenvalue weighted by atomic mass is 10.1. The van der Waals surface area contributed by atoms with Crippen LogP contribution in [0, 0.1) is 0 Å². The molecule has 20 heavy (non-hydrogen) atoms. The van der Waals surface area contributed by atoms with Crippen molar-refractivity contribution in [2.75, 3.05) is 6.26 Å². The number of halogens is 3. The van der Waals surface area contributed by atoms with Gasteiger partial charge in [0.05, 0.1) is 9.72 Å². The fourth-order valence-electron chi connectivity index (χ4n) is 2.26. The van der Waals surface area contributed by atoms with E-state index in [0.29, 0.717) is 10.0 Å². The van der Waals surface area contributed by atoms with Crippen LogP contribution in [0.25, 0.3) is 0 Å². The average molecular weight is 430 g/mol. The lowest BCUT2D eigenvalue weighted by molar-refractivity contribution is -0.149. The van der Waals surface area contributed by atoms with E-state index in [2.05, 4.69) is 31.9 Å². The maximum absolute atomic E-state index is 14.3. The standard InChI is InChI=1S/C12H11Br2FO4S/c1-5(16)19-12-9-7(20(2,17)18)4-3-6(13)8(9)10(14)11(12)15/h3-4,10-12H,1-2H3/t10-,11+,12-/m0/s1. The molecule has 1 aromatic rings. The minimum atomic E-state index is -3.56. The quantitative estimate of drug-likeness (QED) is 0.534. The van der Waals surface area contributed by atoms with Gasteiger partial charge in [-0.25, -0.2) is 12.8 Å². The van der Waals surface area contributed by atoms with Crippen LogP contribution in [0.2, 0.25) is 0 Å². The molecule has 0 radical (unpaired) electrons. The summed E-state index contributed by atoms with van der Waals surface area (Å²) >= 11 is 6.47. The molecule has 8 heteroatoms. The van der Waals surface area contributed by atoms with Crippen molar-refractivity contribution in [3.05, 3.63) is 27.7 Å². The second-order valence-electron chi connectivity index (χ2n) is 4.52. The van der Waals surface area contributed by atoms with Gasteiger partial charge in [0.15, 0.2) is 22.1 Å². The summed E-state index contributed by atoms with van der Waals surface area (Å²) in [6.45, 7) is 1.16. The number of fused-ring (bicyclic) bond motifs is 1. The predicted octanol–water partition coefficient (Wildman–Crippen LogP) is 3.24. The van der Waals surface area contributed by atoms with Crippen LogP contribution in [0.5, 0.6) is 0 Å². The molecule has 0 saturated carbocycles. The number of rotatable bonds is 2. The molecular weight excluding hydrogens is 419 g/mol. The highest BCUT2D eigenvalue weighted by molar-refractivity contribution is 9.11. The maximum atomic E-state index is 14.3. The zero-order valence-corrected chi connectivity index (χ0v) is 14.6. The van der Waals surface area contributed by atoms with Crippen LogP contribution in [-0.4, -0.2) is 26.8 Å². The van der Waals surface area contributed by atoms with E-state index < -0.39 is 32.9 Å². The summed E-state index contributed by atoms with van der Waals surface area (Å²) in [5.41, 5.74) is 0.665. The Hall–Kier alpha value is -0.470. The van der Waals surface area contributed by atoms with Crippen molar-refractivity contribution >= 4 is 47.7 Å². The smallest absolute Gasteiger partial charge is 0.303 e. The molecule has 0 unspecified atom stereocenters. The van der Waals surface area contributed by atoms with E-state index in [1.54, 1.807) is 6.07 Å². The van der Waals surface area contributed by atoms with Crippen LogP contribution < -0.4 is 0 Å². The number of sulfone groups is 1. The Kier molecular flexibility index (Phi) is 4.28. The van der Waals surface area contributed by atoms with Crippen molar-refractivity contribution < 1.29 is 22.3 Å². The van der Waals surface area contributed by atoms with Crippen LogP contribution in [-0.2, 0) is 19.4 Å². The summed E-state index contributed by atoms with van der Waals surface area (Å²) in [6.07, 6.45) is -1.74. The van der Waals surface area contributed by atoms with Gasteiger partial charge in [0.1, 0.15) is 0 Å². The second-order valence-corrected chi connectivity index (χ2v) is 8.35. The summed E-state index contributed by atoms with van der Waals surface area (Å²) in [7, 11) is -3.56. The van der Waals surface area contributed by atoms with Crippen molar-refractivity contribution in [3.63, 3.8) is 0 Å². The summed E-state index contributed by atoms with van der Waals surface area (Å²) in [5.74, 6) is -0.662. The zero-order valence-electron chi connectivity index (χ0n) is 10.6. The van der Waals surface area contributed by atoms with Crippen molar-refractivity contribution in [1.82, 2.24) is 0 Å². The lowest BCUT2D eigenvalue weighted by Crippen LogP contribution is -2.17. The topological polar surface area (TPSA) is 60.4 Å². The van der Waals surface area contributed by atoms with Gasteiger partial charge in [-0.05, 0) is 17.7 Å². The fraction of sp³-hybridized carbons (Fsp3) is 0.417. The summed E-state index contributed by atoms with van der Waals surface area (Å²) in [4.78, 5) is 10.4. The number of alkyl halides is 2. The van der Waals surface area contributed by atoms with Gasteiger partial charge >= 0.3 is 5.97 Å². The molecule has 0 aliphatic heterocycles. The number of carbonyl (C=O) groups is 1. The van der Waals surface area contributed by atoms with Gasteiger partial charge in [0.2, 0.25) is 0 Å². The molecule has 3 atom stereocenters. The van der Waals surface area contributed by atoms with E-state index in [1.807, 2.05) is 0 Å². The molecule has 0 amide bonds. The number of hydrogen-bond donors (Lipinski definition) is 0. The number of ether oxygens (including phenoxy) is 1. The normalized spacial score (nSPS) is 25.4. The van der Waals surface area contributed by atoms with Crippen molar-refractivity contribution in [2.24, 2.45) is 0 Å². The van der Waals surface area contributed by atoms with Crippen molar-refractivity contribution in [1.29, 1.82) is 0 Å². The largest absolute Gasteiger partial charge is 0.454 e. The van der Waals surface area contributed by atoms with Crippen molar-refractivity contribution in [3.8, 4) is 0 Å². The van der Waals surface area contributed by atoms with E-state index in [-0.39, 0.29) is 10.5 Å². The lowest BCUT2D eigenvalue weighted by Gasteiger charge is -2.17. The number of hydrogen-bond acceptors (Lipinski definition) is 4. The molecule has 110 valence electrons. The summed E-state index contributed by atoms with van der Waals surface area (Å²) < 4.78 is 43.6. The molecule has 0 bridgehead atoms. The van der Waals surface area contributed by atoms with Crippen LogP contribution in [0.15, 0.2) is 21.5 Å². The minimum Gasteiger partial charge on any atom is -0.454 e. The van der Waals surface area contributed by atoms with E-state index in [0.717, 1.165) is 13.2 Å². The molecule has 1 aliphatic rings. The van der Waals surface area contributed by atoms with E-state index >= 15 is 0 Å². The highest BCUT2D eigenvalue weighted by Gasteiger charge is 2.46. The van der Waals surface area contributed by atoms with Gasteiger partial charge < -0.3 is 4.74 Å². The first-order chi connectivity index (χ1) is 9.14. The molecular formula is C12H11Br2FO4S. The van der Waals surface area contributed by atoms with Gasteiger partial charge in [-0.1, -0.05) is 31.9 Å². The molecule has 0 N–H and O–H groups in total. The monoisotopic (exact) mass is 428 g/mol. The van der Waals surface area contributed by atoms with Gasteiger partial charge in [-0.2, -0.15) is 0 Å². The van der Waals surface area contributed by atoms with E-state index in [1.165, 1.54) is 6.07 Å². The zero-order chi connectivity index (χ0) is 15.2. The highest BCUT2D eigenvalue weighted by atomic mass is 79.9. The third kappa shape index (κ3) is 2.65. The number of carbonyl (C=O) groups excluding carboxylic acids is 1. The maximum Gasteiger partial charge on any atom is 0.303 e. The second kappa shape index (κ2) is 5.38. The average Bonchev–Trinajstić information content (AvgIpc) is 2.54. The Morgan fingerprint density at radius 1 is 1.35 bits per heavy atom. The molecule has 0 spiro atoms. The molecule has 1 aliphatic carbocycles. The van der Waals surface area contributed by atoms with Crippen LogP contribution in [0.4, 0.5) is 4.39 Å². The third-order valence-corrected chi connectivity index (χ3v) is 5.82. The Bertz CT molecular complexity index is 674. The number of esters is 1. The van der Waals surface area contributed by atoms with E-state index in [4.69, 9.17) is 4.74 Å². The molecule has 2 rings (SSSR count). The third-order valence-electron chi connectivity index (χ3n) is 3.02. The van der Waals surface area contributed by atoms with Crippen LogP contribution in [0.3, 0.4) is 0 Å². The fourth-order valence-corrected chi connectivity index (χ4v) is 4.87. The Labute approximate surface area is 132 Å². The molecule has 0 saturated heterocycles. The van der Waals surface area contributed by atoms with Crippen LogP contribution in [0.1, 0.15) is 29.0 Å². The molecule has 0 heterocycles. The van der Waals surface area contributed by atoms with Gasteiger partial charge in [0.25, 0.3) is 0 Å². The first kappa shape index (κ1) is 15.9. The Balaban J connectivity index is 2.74. The number of benzene rings is 1. The Morgan fingerprint density at radius 2 is 1.95 bits per heavy atom. The molecule has 1 aromatic carbocycles. The van der Waals surface area contributed by atoms with Crippen molar-refractivity contribution in [2.45, 2.75) is 28.9 Å². The van der Waals surface area contributed by atoms with Crippen LogP contribution >= 0.6 is 31.9 Å². The first-order valence-electron chi connectivity index (χ1n) is 5.62. The molecule has 4 nitrogen and oxygen atoms in total. The summed E-state index contributed by atoms with van der Waals surface area (Å²) in [5, 5.41) is 0. The summed E-state index contributed by atoms with van der Waals surface area (Å²) in [6, 6.07) is 2.93. The Morgan fingerprint density at radius 3 is 2.45 bits per heavy atom. The minimum absolute atomic E-state index is 0.0217. The SMILES string of the molecule is CC(=O)O[C@H]1c2c(S(C)(=O)=O)ccc(Br)c2[C@H](Br)[C@H]1F. The first-order valence-corrected chi connectivity index (χ1v) is 9.22. The molecule has 0 aromatic heterocycles. The highest BCUT2D eigenvalue weighted by Crippen LogP contribution is 2.52. The van der Waals surface area contributed by atoms with Gasteiger partial charge in [0, 0.05) is 23.2 Å². The van der Waals surface area contributed by atoms with Gasteiger partial charge in [-0.3, -0.25) is 4.79 Å². The van der Waals surface area contributed by atoms with Gasteiger partial charge in [-0.15, -0.1) is 0 Å².